The molecule has 308 valence electrons. The Bertz CT molecular complexity index is 796. The van der Waals surface area contributed by atoms with E-state index in [0.29, 0.717) is 19.3 Å². The van der Waals surface area contributed by atoms with Crippen LogP contribution in [-0.4, -0.2) is 37.2 Å². The van der Waals surface area contributed by atoms with Crippen LogP contribution in [-0.2, 0) is 28.6 Å². The highest BCUT2D eigenvalue weighted by atomic mass is 16.6. The van der Waals surface area contributed by atoms with Crippen LogP contribution in [0.15, 0.2) is 0 Å². The van der Waals surface area contributed by atoms with Gasteiger partial charge < -0.3 is 14.2 Å². The summed E-state index contributed by atoms with van der Waals surface area (Å²) in [6, 6.07) is 0. The minimum Gasteiger partial charge on any atom is -0.462 e. The number of unbranched alkanes of at least 4 members (excludes halogenated alkanes) is 24. The van der Waals surface area contributed by atoms with Crippen LogP contribution in [0.4, 0.5) is 0 Å². The van der Waals surface area contributed by atoms with Gasteiger partial charge in [0.2, 0.25) is 0 Å². The third-order valence-electron chi connectivity index (χ3n) is 10.6. The zero-order valence-corrected chi connectivity index (χ0v) is 35.4. The molecule has 1 unspecified atom stereocenters. The number of ether oxygens (including phenoxy) is 3. The van der Waals surface area contributed by atoms with Gasteiger partial charge in [0.15, 0.2) is 6.10 Å². The fraction of sp³-hybridized carbons (Fsp3) is 0.935. The molecule has 0 aliphatic rings. The maximum absolute atomic E-state index is 12.7. The van der Waals surface area contributed by atoms with Gasteiger partial charge >= 0.3 is 17.9 Å². The van der Waals surface area contributed by atoms with E-state index in [9.17, 15) is 14.4 Å². The van der Waals surface area contributed by atoms with Crippen molar-refractivity contribution < 1.29 is 28.6 Å². The third-order valence-corrected chi connectivity index (χ3v) is 10.6. The van der Waals surface area contributed by atoms with Crippen molar-refractivity contribution in [3.63, 3.8) is 0 Å². The molecule has 52 heavy (non-hydrogen) atoms. The number of hydrogen-bond donors (Lipinski definition) is 0. The van der Waals surface area contributed by atoms with Gasteiger partial charge in [-0.05, 0) is 31.1 Å². The number of carbonyl (C=O) groups excluding carboxylic acids is 3. The molecule has 0 N–H and O–H groups in total. The summed E-state index contributed by atoms with van der Waals surface area (Å²) in [5.41, 5.74) is 0. The van der Waals surface area contributed by atoms with Gasteiger partial charge in [-0.3, -0.25) is 14.4 Å². The summed E-state index contributed by atoms with van der Waals surface area (Å²) in [4.78, 5) is 37.7. The summed E-state index contributed by atoms with van der Waals surface area (Å²) in [5.74, 6) is 0.796. The molecule has 0 aromatic heterocycles. The SMILES string of the molecule is CCCCCCCCCCCCC(=O)O[C@H](COC(=O)CCCCCCCCCCCC(C)C)COC(=O)CCCCCCCCCCC(C)CC. The molecule has 0 fully saturated rings. The molecule has 0 saturated heterocycles. The van der Waals surface area contributed by atoms with Crippen LogP contribution < -0.4 is 0 Å². The first kappa shape index (κ1) is 50.4. The number of esters is 3. The summed E-state index contributed by atoms with van der Waals surface area (Å²) in [7, 11) is 0. The molecule has 0 aromatic rings. The minimum atomic E-state index is -0.760. The lowest BCUT2D eigenvalue weighted by Gasteiger charge is -2.18. The van der Waals surface area contributed by atoms with Crippen LogP contribution in [0.3, 0.4) is 0 Å². The lowest BCUT2D eigenvalue weighted by molar-refractivity contribution is -0.167. The molecule has 6 nitrogen and oxygen atoms in total. The first-order valence-electron chi connectivity index (χ1n) is 22.8. The van der Waals surface area contributed by atoms with Crippen molar-refractivity contribution >= 4 is 17.9 Å². The standard InChI is InChI=1S/C46H88O6/c1-6-8-9-10-11-12-15-23-28-33-38-46(49)52-43(39-50-44(47)36-31-26-21-16-13-14-19-24-29-34-41(3)4)40-51-45(48)37-32-27-22-18-17-20-25-30-35-42(5)7-2/h41-43H,6-40H2,1-5H3/t42?,43-/m1/s1. The molecular formula is C46H88O6. The Kier molecular flexibility index (Phi) is 37.9. The Hall–Kier alpha value is -1.59. The van der Waals surface area contributed by atoms with Crippen LogP contribution in [0, 0.1) is 11.8 Å². The molecule has 0 bridgehead atoms. The predicted molar refractivity (Wildman–Crippen MR) is 220 cm³/mol. The van der Waals surface area contributed by atoms with E-state index in [-0.39, 0.29) is 31.1 Å². The monoisotopic (exact) mass is 737 g/mol. The van der Waals surface area contributed by atoms with Gasteiger partial charge in [0, 0.05) is 19.3 Å². The van der Waals surface area contributed by atoms with E-state index in [1.807, 2.05) is 0 Å². The molecule has 0 aliphatic heterocycles. The average molecular weight is 737 g/mol. The van der Waals surface area contributed by atoms with Crippen LogP contribution in [0.1, 0.15) is 247 Å². The molecule has 0 heterocycles. The highest BCUT2D eigenvalue weighted by Gasteiger charge is 2.19. The smallest absolute Gasteiger partial charge is 0.306 e. The molecule has 6 heteroatoms. The number of hydrogen-bond acceptors (Lipinski definition) is 6. The van der Waals surface area contributed by atoms with Crippen LogP contribution >= 0.6 is 0 Å². The molecule has 0 radical (unpaired) electrons. The van der Waals surface area contributed by atoms with E-state index in [2.05, 4.69) is 34.6 Å². The lowest BCUT2D eigenvalue weighted by atomic mass is 9.99. The van der Waals surface area contributed by atoms with Gasteiger partial charge in [-0.15, -0.1) is 0 Å². The minimum absolute atomic E-state index is 0.0654. The molecular weight excluding hydrogens is 649 g/mol. The van der Waals surface area contributed by atoms with Gasteiger partial charge in [0.1, 0.15) is 13.2 Å². The maximum atomic E-state index is 12.7. The highest BCUT2D eigenvalue weighted by Crippen LogP contribution is 2.17. The van der Waals surface area contributed by atoms with Gasteiger partial charge in [-0.2, -0.15) is 0 Å². The molecule has 0 rings (SSSR count). The second kappa shape index (κ2) is 39.1. The number of carbonyl (C=O) groups is 3. The van der Waals surface area contributed by atoms with Crippen LogP contribution in [0.25, 0.3) is 0 Å². The molecule has 2 atom stereocenters. The van der Waals surface area contributed by atoms with E-state index >= 15 is 0 Å². The quantitative estimate of drug-likeness (QED) is 0.0354. The largest absolute Gasteiger partial charge is 0.462 e. The van der Waals surface area contributed by atoms with Crippen LogP contribution in [0.2, 0.25) is 0 Å². The fourth-order valence-corrected chi connectivity index (χ4v) is 6.72. The van der Waals surface area contributed by atoms with Crippen molar-refractivity contribution in [2.24, 2.45) is 11.8 Å². The van der Waals surface area contributed by atoms with Crippen molar-refractivity contribution in [3.8, 4) is 0 Å². The molecule has 0 spiro atoms. The van der Waals surface area contributed by atoms with Gasteiger partial charge in [-0.1, -0.05) is 208 Å². The highest BCUT2D eigenvalue weighted by molar-refractivity contribution is 5.71. The van der Waals surface area contributed by atoms with E-state index in [1.165, 1.54) is 135 Å². The second-order valence-electron chi connectivity index (χ2n) is 16.4. The fourth-order valence-electron chi connectivity index (χ4n) is 6.72. The Morgan fingerprint density at radius 2 is 0.731 bits per heavy atom. The van der Waals surface area contributed by atoms with Gasteiger partial charge in [-0.25, -0.2) is 0 Å². The second-order valence-corrected chi connectivity index (χ2v) is 16.4. The third kappa shape index (κ3) is 38.1. The predicted octanol–water partition coefficient (Wildman–Crippen LogP) is 14.2. The van der Waals surface area contributed by atoms with E-state index in [4.69, 9.17) is 14.2 Å². The Morgan fingerprint density at radius 3 is 1.10 bits per heavy atom. The first-order valence-corrected chi connectivity index (χ1v) is 22.8. The van der Waals surface area contributed by atoms with E-state index in [0.717, 1.165) is 69.6 Å². The maximum Gasteiger partial charge on any atom is 0.306 e. The Labute approximate surface area is 323 Å². The van der Waals surface area contributed by atoms with Gasteiger partial charge in [0.25, 0.3) is 0 Å². The Morgan fingerprint density at radius 1 is 0.404 bits per heavy atom. The summed E-state index contributed by atoms with van der Waals surface area (Å²) >= 11 is 0. The Balaban J connectivity index is 4.34. The van der Waals surface area contributed by atoms with Crippen molar-refractivity contribution in [2.75, 3.05) is 13.2 Å². The van der Waals surface area contributed by atoms with Crippen molar-refractivity contribution in [1.29, 1.82) is 0 Å². The molecule has 0 aromatic carbocycles. The summed E-state index contributed by atoms with van der Waals surface area (Å²) in [5, 5.41) is 0. The normalized spacial score (nSPS) is 12.6. The van der Waals surface area contributed by atoms with Crippen molar-refractivity contribution in [3.05, 3.63) is 0 Å². The van der Waals surface area contributed by atoms with Crippen molar-refractivity contribution in [2.45, 2.75) is 253 Å². The van der Waals surface area contributed by atoms with Crippen molar-refractivity contribution in [1.82, 2.24) is 0 Å². The summed E-state index contributed by atoms with van der Waals surface area (Å²) in [6.07, 6.45) is 36.5. The summed E-state index contributed by atoms with van der Waals surface area (Å²) < 4.78 is 16.7. The van der Waals surface area contributed by atoms with Gasteiger partial charge in [0.05, 0.1) is 0 Å². The first-order chi connectivity index (χ1) is 25.3. The summed E-state index contributed by atoms with van der Waals surface area (Å²) in [6.45, 7) is 11.3. The average Bonchev–Trinajstić information content (AvgIpc) is 3.12. The molecule has 0 saturated carbocycles. The lowest BCUT2D eigenvalue weighted by Crippen LogP contribution is -2.30. The zero-order chi connectivity index (χ0) is 38.3. The van der Waals surface area contributed by atoms with E-state index < -0.39 is 6.10 Å². The van der Waals surface area contributed by atoms with E-state index in [1.54, 1.807) is 0 Å². The topological polar surface area (TPSA) is 78.9 Å². The zero-order valence-electron chi connectivity index (χ0n) is 35.4. The molecule has 0 aliphatic carbocycles. The van der Waals surface area contributed by atoms with Crippen LogP contribution in [0.5, 0.6) is 0 Å². The molecule has 0 amide bonds. The number of rotatable bonds is 40.